The van der Waals surface area contributed by atoms with Crippen LogP contribution in [0.5, 0.6) is 0 Å². The molecular formula is C18H14F5N3O2S. The van der Waals surface area contributed by atoms with Crippen LogP contribution >= 0.6 is 0 Å². The van der Waals surface area contributed by atoms with Crippen LogP contribution in [-0.4, -0.2) is 24.8 Å². The van der Waals surface area contributed by atoms with Gasteiger partial charge < -0.3 is 0 Å². The molecule has 0 saturated carbocycles. The van der Waals surface area contributed by atoms with Gasteiger partial charge in [-0.1, -0.05) is 48.0 Å². The van der Waals surface area contributed by atoms with Gasteiger partial charge in [-0.05, 0) is 18.6 Å². The average molecular weight is 431 g/mol. The highest BCUT2D eigenvalue weighted by Gasteiger charge is 2.61. The van der Waals surface area contributed by atoms with E-state index >= 15 is 0 Å². The van der Waals surface area contributed by atoms with Crippen molar-refractivity contribution < 1.29 is 30.4 Å². The molecule has 0 fully saturated rings. The summed E-state index contributed by atoms with van der Waals surface area (Å²) in [5, 5.41) is 10.5. The first-order valence-electron chi connectivity index (χ1n) is 8.06. The third-order valence-corrected chi connectivity index (χ3v) is 5.19. The fourth-order valence-corrected chi connectivity index (χ4v) is 3.56. The maximum Gasteiger partial charge on any atom is 0.459 e. The van der Waals surface area contributed by atoms with Crippen LogP contribution in [0.2, 0.25) is 0 Å². The van der Waals surface area contributed by atoms with Crippen LogP contribution in [0.4, 0.5) is 22.0 Å². The average Bonchev–Trinajstić information content (AvgIpc) is 3.06. The van der Waals surface area contributed by atoms with E-state index in [0.717, 1.165) is 11.6 Å². The van der Waals surface area contributed by atoms with Crippen molar-refractivity contribution in [2.24, 2.45) is 5.14 Å². The fraction of sp³-hybridized carbons (Fsp3) is 0.167. The summed E-state index contributed by atoms with van der Waals surface area (Å²) in [4.78, 5) is -0.457. The first kappa shape index (κ1) is 20.9. The van der Waals surface area contributed by atoms with Crippen LogP contribution in [0.3, 0.4) is 0 Å². The molecule has 0 saturated heterocycles. The number of nitrogens with zero attached hydrogens (tertiary/aromatic N) is 1. The van der Waals surface area contributed by atoms with E-state index in [-0.39, 0.29) is 11.1 Å². The van der Waals surface area contributed by atoms with E-state index in [1.807, 2.05) is 0 Å². The number of halogens is 5. The van der Waals surface area contributed by atoms with Gasteiger partial charge in [-0.15, -0.1) is 0 Å². The zero-order valence-corrected chi connectivity index (χ0v) is 15.6. The Labute approximate surface area is 162 Å². The summed E-state index contributed by atoms with van der Waals surface area (Å²) in [5.74, 6) is -5.25. The zero-order chi connectivity index (χ0) is 21.6. The number of aryl methyl sites for hydroxylation is 1. The first-order valence-corrected chi connectivity index (χ1v) is 9.61. The molecule has 1 aromatic heterocycles. The molecule has 0 aliphatic rings. The summed E-state index contributed by atoms with van der Waals surface area (Å²) in [7, 11) is -4.31. The lowest BCUT2D eigenvalue weighted by Crippen LogP contribution is -2.34. The molecule has 0 spiro atoms. The molecule has 0 radical (unpaired) electrons. The van der Waals surface area contributed by atoms with Crippen molar-refractivity contribution in [3.8, 4) is 22.4 Å². The second kappa shape index (κ2) is 6.92. The molecule has 1 heterocycles. The van der Waals surface area contributed by atoms with Crippen LogP contribution in [0.25, 0.3) is 22.4 Å². The molecule has 0 atom stereocenters. The van der Waals surface area contributed by atoms with Crippen molar-refractivity contribution in [1.82, 2.24) is 10.2 Å². The number of hydrogen-bond donors (Lipinski definition) is 2. The smallest absolute Gasteiger partial charge is 0.275 e. The van der Waals surface area contributed by atoms with Gasteiger partial charge in [-0.25, -0.2) is 13.6 Å². The molecule has 0 aliphatic heterocycles. The fourth-order valence-electron chi connectivity index (χ4n) is 2.82. The van der Waals surface area contributed by atoms with Gasteiger partial charge in [0.1, 0.15) is 11.4 Å². The van der Waals surface area contributed by atoms with Gasteiger partial charge in [0.25, 0.3) is 0 Å². The van der Waals surface area contributed by atoms with Crippen LogP contribution in [-0.2, 0) is 15.9 Å². The van der Waals surface area contributed by atoms with E-state index in [1.165, 1.54) is 42.5 Å². The van der Waals surface area contributed by atoms with Crippen molar-refractivity contribution in [2.75, 3.05) is 0 Å². The molecule has 3 N–H and O–H groups in total. The molecule has 29 heavy (non-hydrogen) atoms. The number of nitrogens with one attached hydrogen (secondary N) is 1. The summed E-state index contributed by atoms with van der Waals surface area (Å²) < 4.78 is 91.4. The van der Waals surface area contributed by atoms with Crippen molar-refractivity contribution in [3.63, 3.8) is 0 Å². The highest BCUT2D eigenvalue weighted by molar-refractivity contribution is 7.89. The summed E-state index contributed by atoms with van der Waals surface area (Å²) in [6, 6.07) is 10.8. The molecular weight excluding hydrogens is 417 g/mol. The summed E-state index contributed by atoms with van der Waals surface area (Å²) in [5.41, 5.74) is -1.91. The maximum atomic E-state index is 14.2. The van der Waals surface area contributed by atoms with Gasteiger partial charge in [-0.2, -0.15) is 27.1 Å². The SMILES string of the molecule is Cc1ccc(-c2c(-c3ccccc3S(N)(=O)=O)n[nH]c2C(F)(F)C(F)(F)F)cc1. The standard InChI is InChI=1S/C18H14F5N3O2S/c1-10-6-8-11(9-7-10)14-15(12-4-2-3-5-13(12)29(24,27)28)25-26-16(14)17(19,20)18(21,22)23/h2-9H,1H3,(H,25,26)(H2,24,27,28). The van der Waals surface area contributed by atoms with Crippen LogP contribution < -0.4 is 5.14 Å². The van der Waals surface area contributed by atoms with E-state index in [1.54, 1.807) is 12.0 Å². The lowest BCUT2D eigenvalue weighted by molar-refractivity contribution is -0.290. The van der Waals surface area contributed by atoms with E-state index < -0.39 is 44.0 Å². The molecule has 3 rings (SSSR count). The Hall–Kier alpha value is -2.79. The molecule has 0 amide bonds. The Balaban J connectivity index is 2.39. The van der Waals surface area contributed by atoms with Crippen LogP contribution in [0.15, 0.2) is 53.4 Å². The second-order valence-electron chi connectivity index (χ2n) is 6.30. The lowest BCUT2D eigenvalue weighted by Gasteiger charge is -2.20. The highest BCUT2D eigenvalue weighted by atomic mass is 32.2. The number of sulfonamides is 1. The largest absolute Gasteiger partial charge is 0.459 e. The third kappa shape index (κ3) is 3.75. The minimum absolute atomic E-state index is 0.00231. The van der Waals surface area contributed by atoms with Crippen LogP contribution in [0, 0.1) is 6.92 Å². The maximum absolute atomic E-state index is 14.2. The first-order chi connectivity index (χ1) is 13.3. The Morgan fingerprint density at radius 3 is 2.10 bits per heavy atom. The third-order valence-electron chi connectivity index (χ3n) is 4.23. The monoisotopic (exact) mass is 431 g/mol. The molecule has 0 bridgehead atoms. The number of H-pyrrole nitrogens is 1. The molecule has 11 heteroatoms. The number of benzene rings is 2. The number of hydrogen-bond acceptors (Lipinski definition) is 3. The van der Waals surface area contributed by atoms with Gasteiger partial charge in [0.05, 0.1) is 4.90 Å². The number of aromatic amines is 1. The Morgan fingerprint density at radius 1 is 0.966 bits per heavy atom. The van der Waals surface area contributed by atoms with E-state index in [0.29, 0.717) is 0 Å². The minimum atomic E-state index is -5.89. The molecule has 0 unspecified atom stereocenters. The number of alkyl halides is 5. The normalized spacial score (nSPS) is 12.9. The number of aromatic nitrogens is 2. The quantitative estimate of drug-likeness (QED) is 0.602. The predicted molar refractivity (Wildman–Crippen MR) is 95.5 cm³/mol. The van der Waals surface area contributed by atoms with E-state index in [9.17, 15) is 30.4 Å². The number of nitrogens with two attached hydrogens (primary N) is 1. The Kier molecular flexibility index (Phi) is 4.99. The van der Waals surface area contributed by atoms with Crippen molar-refractivity contribution >= 4 is 10.0 Å². The zero-order valence-electron chi connectivity index (χ0n) is 14.8. The number of primary sulfonamides is 1. The van der Waals surface area contributed by atoms with E-state index in [2.05, 4.69) is 5.10 Å². The molecule has 154 valence electrons. The predicted octanol–water partition coefficient (Wildman–Crippen LogP) is 4.35. The summed E-state index contributed by atoms with van der Waals surface area (Å²) >= 11 is 0. The van der Waals surface area contributed by atoms with Crippen molar-refractivity contribution in [2.45, 2.75) is 23.9 Å². The topological polar surface area (TPSA) is 88.8 Å². The molecule has 3 aromatic rings. The van der Waals surface area contributed by atoms with Gasteiger partial charge in [-0.3, -0.25) is 5.10 Å². The molecule has 0 aliphatic carbocycles. The van der Waals surface area contributed by atoms with Gasteiger partial charge in [0, 0.05) is 11.1 Å². The van der Waals surface area contributed by atoms with Gasteiger partial charge in [0.2, 0.25) is 10.0 Å². The van der Waals surface area contributed by atoms with Crippen LogP contribution in [0.1, 0.15) is 11.3 Å². The summed E-state index contributed by atoms with van der Waals surface area (Å²) in [6.07, 6.45) is -5.89. The Morgan fingerprint density at radius 2 is 1.55 bits per heavy atom. The van der Waals surface area contributed by atoms with Crippen molar-refractivity contribution in [3.05, 3.63) is 59.8 Å². The molecule has 5 nitrogen and oxygen atoms in total. The highest BCUT2D eigenvalue weighted by Crippen LogP contribution is 2.49. The lowest BCUT2D eigenvalue weighted by atomic mass is 9.95. The summed E-state index contributed by atoms with van der Waals surface area (Å²) in [6.45, 7) is 1.71. The van der Waals surface area contributed by atoms with Crippen molar-refractivity contribution in [1.29, 1.82) is 0 Å². The van der Waals surface area contributed by atoms with E-state index in [4.69, 9.17) is 5.14 Å². The second-order valence-corrected chi connectivity index (χ2v) is 7.83. The minimum Gasteiger partial charge on any atom is -0.275 e. The van der Waals surface area contributed by atoms with Gasteiger partial charge >= 0.3 is 12.1 Å². The Bertz CT molecular complexity index is 1150. The molecule has 2 aromatic carbocycles. The van der Waals surface area contributed by atoms with Gasteiger partial charge in [0.15, 0.2) is 0 Å². The number of rotatable bonds is 4.